The topological polar surface area (TPSA) is 44.8 Å². The van der Waals surface area contributed by atoms with Crippen LogP contribution in [0.5, 0.6) is 0 Å². The quantitative estimate of drug-likeness (QED) is 0.513. The summed E-state index contributed by atoms with van der Waals surface area (Å²) in [5, 5.41) is -0.321. The predicted molar refractivity (Wildman–Crippen MR) is 82.5 cm³/mol. The van der Waals surface area contributed by atoms with E-state index in [0.29, 0.717) is 12.8 Å². The summed E-state index contributed by atoms with van der Waals surface area (Å²) in [6.45, 7) is 10.5. The molecule has 1 aliphatic rings. The molecule has 1 atom stereocenters. The number of carbonyl (C=O) groups excluding carboxylic acids is 1. The summed E-state index contributed by atoms with van der Waals surface area (Å²) in [7, 11) is -2.59. The van der Waals surface area contributed by atoms with Gasteiger partial charge in [-0.1, -0.05) is 40.8 Å². The Labute approximate surface area is 131 Å². The van der Waals surface area contributed by atoms with Gasteiger partial charge < -0.3 is 14.2 Å². The lowest BCUT2D eigenvalue weighted by Gasteiger charge is -2.35. The molecule has 0 aromatic rings. The summed E-state index contributed by atoms with van der Waals surface area (Å²) in [6.07, 6.45) is 0.183. The zero-order chi connectivity index (χ0) is 17.2. The van der Waals surface area contributed by atoms with E-state index in [0.717, 1.165) is 0 Å². The largest absolute Gasteiger partial charge is 0.511 e. The number of hydrogen-bond acceptors (Lipinski definition) is 4. The highest BCUT2D eigenvalue weighted by atomic mass is 28.3. The van der Waals surface area contributed by atoms with E-state index >= 15 is 0 Å². The fourth-order valence-corrected chi connectivity index (χ4v) is 3.36. The molecule has 0 aromatic carbocycles. The zero-order valence-corrected chi connectivity index (χ0v) is 15.2. The Morgan fingerprint density at radius 2 is 1.95 bits per heavy atom. The van der Waals surface area contributed by atoms with Gasteiger partial charge in [0, 0.05) is 6.42 Å². The Kier molecular flexibility index (Phi) is 5.78. The van der Waals surface area contributed by atoms with Gasteiger partial charge in [-0.25, -0.2) is 13.6 Å². The second-order valence-corrected chi connectivity index (χ2v) is 12.4. The summed E-state index contributed by atoms with van der Waals surface area (Å²) in [5.74, 6) is -2.23. The minimum absolute atomic E-state index is 0.103. The van der Waals surface area contributed by atoms with Crippen LogP contribution >= 0.6 is 0 Å². The van der Waals surface area contributed by atoms with Crippen molar-refractivity contribution < 1.29 is 27.8 Å². The Balaban J connectivity index is 2.85. The summed E-state index contributed by atoms with van der Waals surface area (Å²) < 4.78 is 43.8. The summed E-state index contributed by atoms with van der Waals surface area (Å²) in [4.78, 5) is 11.1. The van der Waals surface area contributed by atoms with E-state index in [2.05, 4.69) is 0 Å². The van der Waals surface area contributed by atoms with Gasteiger partial charge in [0.1, 0.15) is 20.1 Å². The van der Waals surface area contributed by atoms with E-state index in [1.807, 2.05) is 27.7 Å². The maximum Gasteiger partial charge on any atom is 0.511 e. The van der Waals surface area contributed by atoms with Crippen LogP contribution in [0, 0.1) is 0 Å². The van der Waals surface area contributed by atoms with Gasteiger partial charge in [0.2, 0.25) is 0 Å². The molecular formula is C15H26F2O4Si. The molecule has 1 rings (SSSR count). The molecule has 0 saturated carbocycles. The highest BCUT2D eigenvalue weighted by Gasteiger charge is 2.45. The van der Waals surface area contributed by atoms with Crippen molar-refractivity contribution in [3.05, 3.63) is 11.3 Å². The van der Waals surface area contributed by atoms with Gasteiger partial charge in [-0.2, -0.15) is 0 Å². The standard InChI is InChI=1S/C15H26F2O4Si/c1-7-8-15(10-19-13(18)21-15)20-9-11(16)12(17)22(5,6)14(2,3)4/h7-10H2,1-6H3/b12-11-. The number of cyclic esters (lactones) is 2. The third-order valence-electron chi connectivity index (χ3n) is 4.43. The van der Waals surface area contributed by atoms with Crippen LogP contribution in [0.3, 0.4) is 0 Å². The van der Waals surface area contributed by atoms with Gasteiger partial charge in [0.25, 0.3) is 5.79 Å². The molecule has 4 nitrogen and oxygen atoms in total. The Bertz CT molecular complexity index is 457. The molecule has 1 unspecified atom stereocenters. The molecule has 7 heteroatoms. The molecule has 0 aliphatic carbocycles. The van der Waals surface area contributed by atoms with E-state index in [9.17, 15) is 13.6 Å². The second-order valence-electron chi connectivity index (χ2n) is 7.18. The van der Waals surface area contributed by atoms with Crippen LogP contribution in [-0.2, 0) is 14.2 Å². The van der Waals surface area contributed by atoms with E-state index in [1.54, 1.807) is 13.1 Å². The molecule has 1 saturated heterocycles. The minimum Gasteiger partial charge on any atom is -0.427 e. The van der Waals surface area contributed by atoms with Crippen molar-refractivity contribution >= 4 is 14.2 Å². The van der Waals surface area contributed by atoms with Gasteiger partial charge in [0.15, 0.2) is 12.4 Å². The molecule has 1 aliphatic heterocycles. The van der Waals surface area contributed by atoms with Gasteiger partial charge >= 0.3 is 6.16 Å². The van der Waals surface area contributed by atoms with Gasteiger partial charge in [-0.05, 0) is 11.5 Å². The fraction of sp³-hybridized carbons (Fsp3) is 0.800. The van der Waals surface area contributed by atoms with Crippen LogP contribution in [0.4, 0.5) is 13.6 Å². The highest BCUT2D eigenvalue weighted by molar-refractivity contribution is 6.86. The second kappa shape index (κ2) is 6.66. The third-order valence-corrected chi connectivity index (χ3v) is 9.55. The highest BCUT2D eigenvalue weighted by Crippen LogP contribution is 2.42. The summed E-state index contributed by atoms with van der Waals surface area (Å²) in [6, 6.07) is 0. The molecule has 0 bridgehead atoms. The molecule has 0 aromatic heterocycles. The van der Waals surface area contributed by atoms with Crippen molar-refractivity contribution in [2.75, 3.05) is 13.2 Å². The van der Waals surface area contributed by atoms with Crippen LogP contribution in [0.2, 0.25) is 18.1 Å². The average Bonchev–Trinajstić information content (AvgIpc) is 2.76. The Morgan fingerprint density at radius 3 is 2.36 bits per heavy atom. The van der Waals surface area contributed by atoms with Crippen molar-refractivity contribution in [3.63, 3.8) is 0 Å². The van der Waals surface area contributed by atoms with Gasteiger partial charge in [-0.3, -0.25) is 0 Å². The first kappa shape index (κ1) is 19.1. The lowest BCUT2D eigenvalue weighted by atomic mass is 10.1. The number of ether oxygens (including phenoxy) is 3. The van der Waals surface area contributed by atoms with E-state index in [4.69, 9.17) is 14.2 Å². The fourth-order valence-electron chi connectivity index (χ4n) is 1.95. The average molecular weight is 336 g/mol. The van der Waals surface area contributed by atoms with Crippen LogP contribution in [0.25, 0.3) is 0 Å². The Hall–Kier alpha value is -0.953. The van der Waals surface area contributed by atoms with Crippen molar-refractivity contribution in [1.29, 1.82) is 0 Å². The van der Waals surface area contributed by atoms with Crippen LogP contribution in [-0.4, -0.2) is 33.2 Å². The minimum atomic E-state index is -2.59. The predicted octanol–water partition coefficient (Wildman–Crippen LogP) is 4.86. The van der Waals surface area contributed by atoms with Crippen molar-refractivity contribution in [2.24, 2.45) is 0 Å². The molecule has 128 valence electrons. The number of hydrogen-bond donors (Lipinski definition) is 0. The SMILES string of the molecule is CCCC1(OC/C(F)=C(\F)[Si](C)(C)C(C)(C)C)COC(=O)O1. The molecule has 1 heterocycles. The lowest BCUT2D eigenvalue weighted by molar-refractivity contribution is -0.180. The normalized spacial score (nSPS) is 23.9. The van der Waals surface area contributed by atoms with Crippen LogP contribution in [0.1, 0.15) is 40.5 Å². The third kappa shape index (κ3) is 4.07. The maximum atomic E-state index is 14.5. The van der Waals surface area contributed by atoms with Gasteiger partial charge in [0.05, 0.1) is 0 Å². The van der Waals surface area contributed by atoms with E-state index in [1.165, 1.54) is 0 Å². The molecule has 22 heavy (non-hydrogen) atoms. The molecule has 0 amide bonds. The first-order valence-corrected chi connectivity index (χ1v) is 10.5. The summed E-state index contributed by atoms with van der Waals surface area (Å²) in [5.41, 5.74) is -0.711. The van der Waals surface area contributed by atoms with E-state index < -0.39 is 37.9 Å². The zero-order valence-electron chi connectivity index (χ0n) is 14.2. The maximum absolute atomic E-state index is 14.5. The van der Waals surface area contributed by atoms with E-state index in [-0.39, 0.29) is 11.6 Å². The first-order valence-electron chi connectivity index (χ1n) is 7.49. The molecular weight excluding hydrogens is 310 g/mol. The molecule has 1 fully saturated rings. The first-order chi connectivity index (χ1) is 9.95. The molecule has 0 spiro atoms. The van der Waals surface area contributed by atoms with Gasteiger partial charge in [-0.15, -0.1) is 0 Å². The smallest absolute Gasteiger partial charge is 0.427 e. The van der Waals surface area contributed by atoms with Crippen molar-refractivity contribution in [1.82, 2.24) is 0 Å². The Morgan fingerprint density at radius 1 is 1.36 bits per heavy atom. The number of halogens is 2. The number of carbonyl (C=O) groups is 1. The molecule has 0 radical (unpaired) electrons. The molecule has 0 N–H and O–H groups in total. The van der Waals surface area contributed by atoms with Crippen molar-refractivity contribution in [2.45, 2.75) is 64.5 Å². The number of rotatable bonds is 6. The van der Waals surface area contributed by atoms with Crippen LogP contribution < -0.4 is 0 Å². The monoisotopic (exact) mass is 336 g/mol. The van der Waals surface area contributed by atoms with Crippen LogP contribution in [0.15, 0.2) is 11.3 Å². The van der Waals surface area contributed by atoms with Crippen molar-refractivity contribution in [3.8, 4) is 0 Å². The summed E-state index contributed by atoms with van der Waals surface area (Å²) >= 11 is 0. The lowest BCUT2D eigenvalue weighted by Crippen LogP contribution is -2.40.